The van der Waals surface area contributed by atoms with E-state index in [0.29, 0.717) is 6.61 Å². The van der Waals surface area contributed by atoms with Gasteiger partial charge in [-0.15, -0.1) is 0 Å². The predicted molar refractivity (Wildman–Crippen MR) is 138 cm³/mol. The Morgan fingerprint density at radius 1 is 0.727 bits per heavy atom. The maximum absolute atomic E-state index is 12.4. The van der Waals surface area contributed by atoms with E-state index in [1.807, 2.05) is 19.1 Å². The highest BCUT2D eigenvalue weighted by Crippen LogP contribution is 2.25. The lowest BCUT2D eigenvalue weighted by molar-refractivity contribution is -0.161. The Morgan fingerprint density at radius 3 is 1.88 bits per heavy atom. The first-order valence-corrected chi connectivity index (χ1v) is 13.1. The number of unbranched alkanes of at least 4 members (excludes halogenated alkanes) is 7. The SMILES string of the molecule is CCCCCCCOC(C)C(=O)OC(C)c1ccc(-c2ccc(CCCCCC)cc2)cc1. The average Bonchev–Trinajstić information content (AvgIpc) is 2.84. The van der Waals surface area contributed by atoms with Crippen LogP contribution in [0.15, 0.2) is 48.5 Å². The Kier molecular flexibility index (Phi) is 12.9. The van der Waals surface area contributed by atoms with E-state index in [2.05, 4.69) is 50.2 Å². The summed E-state index contributed by atoms with van der Waals surface area (Å²) in [6.45, 7) is 8.75. The average molecular weight is 453 g/mol. The van der Waals surface area contributed by atoms with Gasteiger partial charge in [-0.25, -0.2) is 4.79 Å². The second-order valence-electron chi connectivity index (χ2n) is 9.14. The molecule has 0 amide bonds. The van der Waals surface area contributed by atoms with Gasteiger partial charge >= 0.3 is 5.97 Å². The maximum atomic E-state index is 12.4. The highest BCUT2D eigenvalue weighted by molar-refractivity contribution is 5.74. The van der Waals surface area contributed by atoms with E-state index in [0.717, 1.165) is 24.8 Å². The summed E-state index contributed by atoms with van der Waals surface area (Å²) in [4.78, 5) is 12.4. The normalized spacial score (nSPS) is 13.0. The fourth-order valence-electron chi connectivity index (χ4n) is 3.94. The van der Waals surface area contributed by atoms with Gasteiger partial charge in [0.05, 0.1) is 0 Å². The van der Waals surface area contributed by atoms with Gasteiger partial charge in [0.2, 0.25) is 0 Å². The molecule has 0 aromatic heterocycles. The minimum atomic E-state index is -0.529. The molecule has 0 heterocycles. The number of aryl methyl sites for hydroxylation is 1. The van der Waals surface area contributed by atoms with E-state index in [4.69, 9.17) is 9.47 Å². The summed E-state index contributed by atoms with van der Waals surface area (Å²) in [5, 5.41) is 0. The standard InChI is InChI=1S/C30H44O3/c1-5-7-9-11-13-23-32-25(4)30(31)33-24(3)27-19-21-29(22-20-27)28-17-15-26(16-18-28)14-12-10-8-6-2/h15-22,24-25H,5-14,23H2,1-4H3. The van der Waals surface area contributed by atoms with Gasteiger partial charge in [-0.05, 0) is 55.4 Å². The Morgan fingerprint density at radius 2 is 1.27 bits per heavy atom. The second kappa shape index (κ2) is 15.7. The summed E-state index contributed by atoms with van der Waals surface area (Å²) in [6, 6.07) is 17.2. The summed E-state index contributed by atoms with van der Waals surface area (Å²) >= 11 is 0. The van der Waals surface area contributed by atoms with E-state index < -0.39 is 6.10 Å². The molecule has 2 aromatic rings. The quantitative estimate of drug-likeness (QED) is 0.189. The lowest BCUT2D eigenvalue weighted by atomic mass is 9.99. The summed E-state index contributed by atoms with van der Waals surface area (Å²) in [5.41, 5.74) is 4.79. The van der Waals surface area contributed by atoms with Gasteiger partial charge in [-0.1, -0.05) is 107 Å². The Labute approximate surface area is 201 Å². The van der Waals surface area contributed by atoms with E-state index in [-0.39, 0.29) is 12.1 Å². The van der Waals surface area contributed by atoms with Crippen LogP contribution in [0.3, 0.4) is 0 Å². The monoisotopic (exact) mass is 452 g/mol. The number of benzene rings is 2. The van der Waals surface area contributed by atoms with Crippen LogP contribution in [0.5, 0.6) is 0 Å². The molecule has 0 radical (unpaired) electrons. The smallest absolute Gasteiger partial charge is 0.335 e. The first-order chi connectivity index (χ1) is 16.0. The Balaban J connectivity index is 1.79. The van der Waals surface area contributed by atoms with E-state index in [1.165, 1.54) is 61.6 Å². The van der Waals surface area contributed by atoms with E-state index >= 15 is 0 Å². The largest absolute Gasteiger partial charge is 0.456 e. The number of esters is 1. The fourth-order valence-corrected chi connectivity index (χ4v) is 3.94. The van der Waals surface area contributed by atoms with Crippen molar-refractivity contribution in [2.75, 3.05) is 6.61 Å². The van der Waals surface area contributed by atoms with Gasteiger partial charge < -0.3 is 9.47 Å². The molecule has 3 heteroatoms. The predicted octanol–water partition coefficient (Wildman–Crippen LogP) is 8.46. The van der Waals surface area contributed by atoms with Crippen LogP contribution in [-0.2, 0) is 20.7 Å². The zero-order valence-corrected chi connectivity index (χ0v) is 21.3. The van der Waals surface area contributed by atoms with Gasteiger partial charge in [0.15, 0.2) is 6.10 Å². The molecule has 182 valence electrons. The lowest BCUT2D eigenvalue weighted by Gasteiger charge is -2.18. The molecule has 2 aromatic carbocycles. The van der Waals surface area contributed by atoms with Crippen LogP contribution in [0.25, 0.3) is 11.1 Å². The molecule has 33 heavy (non-hydrogen) atoms. The van der Waals surface area contributed by atoms with Gasteiger partial charge in [0.25, 0.3) is 0 Å². The van der Waals surface area contributed by atoms with Crippen molar-refractivity contribution >= 4 is 5.97 Å². The third kappa shape index (κ3) is 10.1. The molecule has 0 bridgehead atoms. The minimum absolute atomic E-state index is 0.297. The van der Waals surface area contributed by atoms with Gasteiger partial charge in [0.1, 0.15) is 6.10 Å². The molecule has 3 nitrogen and oxygen atoms in total. The van der Waals surface area contributed by atoms with Crippen molar-refractivity contribution in [1.82, 2.24) is 0 Å². The van der Waals surface area contributed by atoms with Crippen molar-refractivity contribution in [3.05, 3.63) is 59.7 Å². The van der Waals surface area contributed by atoms with Crippen LogP contribution in [0.2, 0.25) is 0 Å². The Bertz CT molecular complexity index is 779. The van der Waals surface area contributed by atoms with E-state index in [1.54, 1.807) is 6.92 Å². The van der Waals surface area contributed by atoms with Crippen LogP contribution < -0.4 is 0 Å². The molecule has 0 N–H and O–H groups in total. The van der Waals surface area contributed by atoms with Crippen molar-refractivity contribution in [1.29, 1.82) is 0 Å². The molecule has 2 rings (SSSR count). The summed E-state index contributed by atoms with van der Waals surface area (Å²) in [7, 11) is 0. The van der Waals surface area contributed by atoms with Crippen LogP contribution in [0, 0.1) is 0 Å². The lowest BCUT2D eigenvalue weighted by Crippen LogP contribution is -2.25. The number of rotatable bonds is 16. The third-order valence-electron chi connectivity index (χ3n) is 6.23. The molecular weight excluding hydrogens is 408 g/mol. The van der Waals surface area contributed by atoms with Gasteiger partial charge in [0, 0.05) is 6.61 Å². The fraction of sp³-hybridized carbons (Fsp3) is 0.567. The van der Waals surface area contributed by atoms with Crippen LogP contribution in [0.4, 0.5) is 0 Å². The van der Waals surface area contributed by atoms with Crippen LogP contribution in [0.1, 0.15) is 103 Å². The van der Waals surface area contributed by atoms with Gasteiger partial charge in [-0.3, -0.25) is 0 Å². The molecule has 0 fully saturated rings. The molecule has 0 saturated heterocycles. The van der Waals surface area contributed by atoms with Crippen molar-refractivity contribution in [3.63, 3.8) is 0 Å². The summed E-state index contributed by atoms with van der Waals surface area (Å²) in [5.74, 6) is -0.297. The Hall–Kier alpha value is -2.13. The number of ether oxygens (including phenoxy) is 2. The maximum Gasteiger partial charge on any atom is 0.335 e. The number of carbonyl (C=O) groups is 1. The number of carbonyl (C=O) groups excluding carboxylic acids is 1. The van der Waals surface area contributed by atoms with Crippen molar-refractivity contribution < 1.29 is 14.3 Å². The molecular formula is C30H44O3. The molecule has 0 aliphatic carbocycles. The molecule has 0 aliphatic rings. The van der Waals surface area contributed by atoms with Crippen molar-refractivity contribution in [2.24, 2.45) is 0 Å². The number of hydrogen-bond donors (Lipinski definition) is 0. The zero-order chi connectivity index (χ0) is 23.9. The first-order valence-electron chi connectivity index (χ1n) is 13.1. The molecule has 2 atom stereocenters. The van der Waals surface area contributed by atoms with Gasteiger partial charge in [-0.2, -0.15) is 0 Å². The third-order valence-corrected chi connectivity index (χ3v) is 6.23. The molecule has 0 saturated carbocycles. The van der Waals surface area contributed by atoms with Crippen LogP contribution >= 0.6 is 0 Å². The molecule has 0 spiro atoms. The van der Waals surface area contributed by atoms with Crippen molar-refractivity contribution in [3.8, 4) is 11.1 Å². The first kappa shape index (κ1) is 27.1. The van der Waals surface area contributed by atoms with Crippen LogP contribution in [-0.4, -0.2) is 18.7 Å². The zero-order valence-electron chi connectivity index (χ0n) is 21.3. The van der Waals surface area contributed by atoms with E-state index in [9.17, 15) is 4.79 Å². The molecule has 2 unspecified atom stereocenters. The topological polar surface area (TPSA) is 35.5 Å². The minimum Gasteiger partial charge on any atom is -0.456 e. The highest BCUT2D eigenvalue weighted by atomic mass is 16.6. The van der Waals surface area contributed by atoms with Crippen molar-refractivity contribution in [2.45, 2.75) is 104 Å². The number of hydrogen-bond acceptors (Lipinski definition) is 3. The highest BCUT2D eigenvalue weighted by Gasteiger charge is 2.19. The second-order valence-corrected chi connectivity index (χ2v) is 9.14. The summed E-state index contributed by atoms with van der Waals surface area (Å²) < 4.78 is 11.3. The molecule has 0 aliphatic heterocycles. The summed E-state index contributed by atoms with van der Waals surface area (Å²) in [6.07, 6.45) is 11.4.